The van der Waals surface area contributed by atoms with Gasteiger partial charge in [-0.15, -0.1) is 0 Å². The Morgan fingerprint density at radius 3 is 2.87 bits per heavy atom. The molecule has 3 heteroatoms. The van der Waals surface area contributed by atoms with Crippen molar-refractivity contribution in [2.75, 3.05) is 0 Å². The molecule has 0 aromatic carbocycles. The fraction of sp³-hybridized carbons (Fsp3) is 0.500. The van der Waals surface area contributed by atoms with Crippen LogP contribution in [0.1, 0.15) is 43.0 Å². The smallest absolute Gasteiger partial charge is 0.155 e. The molecule has 0 saturated heterocycles. The summed E-state index contributed by atoms with van der Waals surface area (Å²) in [6, 6.07) is 4.13. The molecule has 0 aliphatic heterocycles. The molecule has 3 rings (SSSR count). The van der Waals surface area contributed by atoms with Crippen molar-refractivity contribution in [1.82, 2.24) is 14.6 Å². The number of nitrogens with zero attached hydrogens (tertiary/aromatic N) is 3. The van der Waals surface area contributed by atoms with Gasteiger partial charge in [-0.1, -0.05) is 18.9 Å². The van der Waals surface area contributed by atoms with Crippen LogP contribution in [0.15, 0.2) is 18.3 Å². The van der Waals surface area contributed by atoms with Crippen molar-refractivity contribution in [3.63, 3.8) is 0 Å². The van der Waals surface area contributed by atoms with E-state index in [-0.39, 0.29) is 0 Å². The molecule has 0 bridgehead atoms. The van der Waals surface area contributed by atoms with Gasteiger partial charge in [-0.3, -0.25) is 0 Å². The Kier molecular flexibility index (Phi) is 1.97. The maximum atomic E-state index is 4.59. The van der Waals surface area contributed by atoms with Gasteiger partial charge in [0.1, 0.15) is 0 Å². The third-order valence-electron chi connectivity index (χ3n) is 3.22. The fourth-order valence-electron chi connectivity index (χ4n) is 2.36. The highest BCUT2D eigenvalue weighted by atomic mass is 15.3. The Labute approximate surface area is 89.1 Å². The van der Waals surface area contributed by atoms with Gasteiger partial charge >= 0.3 is 0 Å². The Bertz CT molecular complexity index is 481. The average molecular weight is 201 g/mol. The van der Waals surface area contributed by atoms with Crippen LogP contribution < -0.4 is 0 Å². The second-order valence-electron chi connectivity index (χ2n) is 4.46. The molecular formula is C12H15N3. The van der Waals surface area contributed by atoms with Crippen LogP contribution >= 0.6 is 0 Å². The van der Waals surface area contributed by atoms with E-state index < -0.39 is 0 Å². The maximum Gasteiger partial charge on any atom is 0.155 e. The van der Waals surface area contributed by atoms with Crippen LogP contribution in [0, 0.1) is 6.92 Å². The minimum absolute atomic E-state index is 0.602. The molecule has 1 aliphatic rings. The zero-order valence-electron chi connectivity index (χ0n) is 8.98. The van der Waals surface area contributed by atoms with Gasteiger partial charge in [-0.2, -0.15) is 5.10 Å². The van der Waals surface area contributed by atoms with Crippen molar-refractivity contribution in [3.8, 4) is 0 Å². The van der Waals surface area contributed by atoms with Crippen molar-refractivity contribution in [2.45, 2.75) is 38.5 Å². The van der Waals surface area contributed by atoms with Crippen LogP contribution in [0.25, 0.3) is 5.65 Å². The summed E-state index contributed by atoms with van der Waals surface area (Å²) in [4.78, 5) is 4.59. The lowest BCUT2D eigenvalue weighted by molar-refractivity contribution is 0.665. The largest absolute Gasteiger partial charge is 0.221 e. The van der Waals surface area contributed by atoms with E-state index in [1.165, 1.54) is 31.2 Å². The minimum Gasteiger partial charge on any atom is -0.221 e. The minimum atomic E-state index is 0.602. The average Bonchev–Trinajstić information content (AvgIpc) is 2.84. The van der Waals surface area contributed by atoms with E-state index in [9.17, 15) is 0 Å². The summed E-state index contributed by atoms with van der Waals surface area (Å²) in [7, 11) is 0. The standard InChI is InChI=1S/C12H15N3/c1-9-6-7-11-13-12(14-15(11)8-9)10-4-2-3-5-10/h6-8,10H,2-5H2,1H3. The van der Waals surface area contributed by atoms with E-state index in [1.54, 1.807) is 0 Å². The summed E-state index contributed by atoms with van der Waals surface area (Å²) >= 11 is 0. The van der Waals surface area contributed by atoms with E-state index in [4.69, 9.17) is 0 Å². The number of hydrogen-bond acceptors (Lipinski definition) is 2. The van der Waals surface area contributed by atoms with Crippen molar-refractivity contribution < 1.29 is 0 Å². The van der Waals surface area contributed by atoms with Gasteiger partial charge < -0.3 is 0 Å². The highest BCUT2D eigenvalue weighted by Crippen LogP contribution is 2.32. The summed E-state index contributed by atoms with van der Waals surface area (Å²) in [5.41, 5.74) is 2.20. The molecule has 1 saturated carbocycles. The molecule has 0 radical (unpaired) electrons. The fourth-order valence-corrected chi connectivity index (χ4v) is 2.36. The van der Waals surface area contributed by atoms with Crippen LogP contribution in [0.4, 0.5) is 0 Å². The quantitative estimate of drug-likeness (QED) is 0.710. The number of pyridine rings is 1. The summed E-state index contributed by atoms with van der Waals surface area (Å²) in [5.74, 6) is 1.64. The summed E-state index contributed by atoms with van der Waals surface area (Å²) in [6.07, 6.45) is 7.23. The number of aromatic nitrogens is 3. The molecule has 2 aromatic rings. The highest BCUT2D eigenvalue weighted by Gasteiger charge is 2.21. The molecule has 3 nitrogen and oxygen atoms in total. The second kappa shape index (κ2) is 3.33. The molecule has 1 aliphatic carbocycles. The van der Waals surface area contributed by atoms with Crippen LogP contribution in [0.5, 0.6) is 0 Å². The first kappa shape index (κ1) is 8.89. The van der Waals surface area contributed by atoms with Gasteiger partial charge in [0, 0.05) is 12.1 Å². The molecule has 2 heterocycles. The molecule has 15 heavy (non-hydrogen) atoms. The van der Waals surface area contributed by atoms with E-state index in [2.05, 4.69) is 23.1 Å². The normalized spacial score (nSPS) is 17.7. The molecule has 1 fully saturated rings. The van der Waals surface area contributed by atoms with Crippen molar-refractivity contribution in [1.29, 1.82) is 0 Å². The van der Waals surface area contributed by atoms with Crippen LogP contribution in [0.3, 0.4) is 0 Å². The topological polar surface area (TPSA) is 30.2 Å². The zero-order valence-corrected chi connectivity index (χ0v) is 8.98. The maximum absolute atomic E-state index is 4.59. The third-order valence-corrected chi connectivity index (χ3v) is 3.22. The number of fused-ring (bicyclic) bond motifs is 1. The van der Waals surface area contributed by atoms with Gasteiger partial charge in [0.05, 0.1) is 0 Å². The second-order valence-corrected chi connectivity index (χ2v) is 4.46. The van der Waals surface area contributed by atoms with Gasteiger partial charge in [0.2, 0.25) is 0 Å². The first-order valence-electron chi connectivity index (χ1n) is 5.66. The summed E-state index contributed by atoms with van der Waals surface area (Å²) in [6.45, 7) is 2.08. The van der Waals surface area contributed by atoms with Crippen LogP contribution in [-0.2, 0) is 0 Å². The predicted molar refractivity (Wildman–Crippen MR) is 58.9 cm³/mol. The first-order chi connectivity index (χ1) is 7.33. The zero-order chi connectivity index (χ0) is 10.3. The lowest BCUT2D eigenvalue weighted by atomic mass is 10.1. The molecule has 78 valence electrons. The van der Waals surface area contributed by atoms with Crippen molar-refractivity contribution >= 4 is 5.65 Å². The molecule has 0 amide bonds. The van der Waals surface area contributed by atoms with Crippen molar-refractivity contribution in [3.05, 3.63) is 29.7 Å². The number of rotatable bonds is 1. The SMILES string of the molecule is Cc1ccc2nc(C3CCCC3)nn2c1. The van der Waals surface area contributed by atoms with Gasteiger partial charge in [0.15, 0.2) is 11.5 Å². The van der Waals surface area contributed by atoms with E-state index in [0.717, 1.165) is 11.5 Å². The third kappa shape index (κ3) is 1.52. The summed E-state index contributed by atoms with van der Waals surface area (Å²) < 4.78 is 1.91. The lowest BCUT2D eigenvalue weighted by Crippen LogP contribution is -1.95. The van der Waals surface area contributed by atoms with Crippen LogP contribution in [0.2, 0.25) is 0 Å². The van der Waals surface area contributed by atoms with Crippen LogP contribution in [-0.4, -0.2) is 14.6 Å². The Balaban J connectivity index is 2.05. The number of aryl methyl sites for hydroxylation is 1. The number of hydrogen-bond donors (Lipinski definition) is 0. The van der Waals surface area contributed by atoms with Gasteiger partial charge in [-0.05, 0) is 31.4 Å². The van der Waals surface area contributed by atoms with Gasteiger partial charge in [0.25, 0.3) is 0 Å². The van der Waals surface area contributed by atoms with E-state index in [1.807, 2.05) is 16.8 Å². The monoisotopic (exact) mass is 201 g/mol. The molecular weight excluding hydrogens is 186 g/mol. The van der Waals surface area contributed by atoms with Gasteiger partial charge in [-0.25, -0.2) is 9.50 Å². The Morgan fingerprint density at radius 2 is 2.07 bits per heavy atom. The molecule has 2 aromatic heterocycles. The Hall–Kier alpha value is -1.38. The van der Waals surface area contributed by atoms with E-state index >= 15 is 0 Å². The Morgan fingerprint density at radius 1 is 1.27 bits per heavy atom. The first-order valence-corrected chi connectivity index (χ1v) is 5.66. The molecule has 0 unspecified atom stereocenters. The highest BCUT2D eigenvalue weighted by molar-refractivity contribution is 5.38. The predicted octanol–water partition coefficient (Wildman–Crippen LogP) is 2.70. The summed E-state index contributed by atoms with van der Waals surface area (Å²) in [5, 5.41) is 4.56. The molecule has 0 N–H and O–H groups in total. The molecule has 0 spiro atoms. The lowest BCUT2D eigenvalue weighted by Gasteiger charge is -2.00. The molecule has 0 atom stereocenters. The van der Waals surface area contributed by atoms with E-state index in [0.29, 0.717) is 5.92 Å². The van der Waals surface area contributed by atoms with Crippen molar-refractivity contribution in [2.24, 2.45) is 0 Å².